The van der Waals surface area contributed by atoms with Crippen molar-refractivity contribution in [3.8, 4) is 0 Å². The van der Waals surface area contributed by atoms with Crippen LogP contribution in [0.5, 0.6) is 0 Å². The molecule has 7 nitrogen and oxygen atoms in total. The van der Waals surface area contributed by atoms with Gasteiger partial charge in [-0.2, -0.15) is 9.30 Å². The van der Waals surface area contributed by atoms with E-state index in [2.05, 4.69) is 4.99 Å². The van der Waals surface area contributed by atoms with Crippen LogP contribution in [0.25, 0.3) is 10.2 Å². The summed E-state index contributed by atoms with van der Waals surface area (Å²) in [4.78, 5) is 18.1. The predicted molar refractivity (Wildman–Crippen MR) is 129 cm³/mol. The Kier molecular flexibility index (Phi) is 7.61. The first-order valence-electron chi connectivity index (χ1n) is 11.3. The fourth-order valence-electron chi connectivity index (χ4n) is 4.09. The Morgan fingerprint density at radius 1 is 1.24 bits per heavy atom. The lowest BCUT2D eigenvalue weighted by Crippen LogP contribution is -2.42. The van der Waals surface area contributed by atoms with Gasteiger partial charge in [-0.05, 0) is 51.0 Å². The van der Waals surface area contributed by atoms with E-state index in [1.54, 1.807) is 41.0 Å². The number of amides is 1. The van der Waals surface area contributed by atoms with Gasteiger partial charge in [0.25, 0.3) is 5.91 Å². The largest absolute Gasteiger partial charge is 0.380 e. The maximum absolute atomic E-state index is 14.6. The molecule has 2 heterocycles. The Bertz CT molecular complexity index is 1350. The fourth-order valence-corrected chi connectivity index (χ4v) is 6.69. The second-order valence-electron chi connectivity index (χ2n) is 8.29. The van der Waals surface area contributed by atoms with Gasteiger partial charge in [0.2, 0.25) is 10.0 Å². The zero-order valence-electron chi connectivity index (χ0n) is 19.2. The average Bonchev–Trinajstić information content (AvgIpc) is 3.18. The third-order valence-electron chi connectivity index (χ3n) is 5.91. The van der Waals surface area contributed by atoms with Crippen LogP contribution in [0.15, 0.2) is 52.4 Å². The van der Waals surface area contributed by atoms with Gasteiger partial charge < -0.3 is 9.30 Å². The number of para-hydroxylation sites is 1. The normalized spacial score (nSPS) is 18.0. The lowest BCUT2D eigenvalue weighted by atomic mass is 9.99. The molecule has 10 heteroatoms. The highest BCUT2D eigenvalue weighted by Crippen LogP contribution is 2.25. The molecular weight excluding hydrogens is 477 g/mol. The van der Waals surface area contributed by atoms with E-state index in [0.29, 0.717) is 54.2 Å². The van der Waals surface area contributed by atoms with E-state index in [4.69, 9.17) is 4.74 Å². The molecule has 34 heavy (non-hydrogen) atoms. The number of ether oxygens (including phenoxy) is 1. The number of nitrogens with zero attached hydrogens (tertiary/aromatic N) is 3. The predicted octanol–water partition coefficient (Wildman–Crippen LogP) is 3.72. The van der Waals surface area contributed by atoms with Crippen LogP contribution >= 0.6 is 11.3 Å². The molecule has 1 amide bonds. The van der Waals surface area contributed by atoms with Crippen LogP contribution in [0.4, 0.5) is 4.39 Å². The minimum absolute atomic E-state index is 0.0801. The Balaban J connectivity index is 1.62. The van der Waals surface area contributed by atoms with Crippen LogP contribution in [-0.4, -0.2) is 49.5 Å². The quantitative estimate of drug-likeness (QED) is 0.459. The lowest BCUT2D eigenvalue weighted by Gasteiger charge is -2.30. The number of benzene rings is 2. The van der Waals surface area contributed by atoms with Crippen LogP contribution in [0.1, 0.15) is 25.3 Å². The molecule has 182 valence electrons. The van der Waals surface area contributed by atoms with E-state index < -0.39 is 15.9 Å². The maximum atomic E-state index is 14.6. The molecule has 1 saturated heterocycles. The topological polar surface area (TPSA) is 81.0 Å². The van der Waals surface area contributed by atoms with Gasteiger partial charge in [0.1, 0.15) is 5.82 Å². The zero-order chi connectivity index (χ0) is 24.3. The summed E-state index contributed by atoms with van der Waals surface area (Å²) in [6.45, 7) is 5.48. The first kappa shape index (κ1) is 24.7. The van der Waals surface area contributed by atoms with E-state index in [-0.39, 0.29) is 23.2 Å². The van der Waals surface area contributed by atoms with E-state index in [0.717, 1.165) is 5.56 Å². The molecule has 0 spiro atoms. The second-order valence-corrected chi connectivity index (χ2v) is 11.2. The Hall–Kier alpha value is -2.40. The third kappa shape index (κ3) is 5.14. The van der Waals surface area contributed by atoms with Gasteiger partial charge in [-0.15, -0.1) is 0 Å². The van der Waals surface area contributed by atoms with Crippen molar-refractivity contribution in [2.45, 2.75) is 38.1 Å². The number of carbonyl (C=O) groups excluding carboxylic acids is 1. The first-order chi connectivity index (χ1) is 16.3. The number of hydrogen-bond acceptors (Lipinski definition) is 5. The second kappa shape index (κ2) is 10.5. The molecule has 1 aliphatic rings. The Morgan fingerprint density at radius 3 is 2.74 bits per heavy atom. The number of fused-ring (bicyclic) bond motifs is 1. The van der Waals surface area contributed by atoms with Gasteiger partial charge in [0, 0.05) is 26.2 Å². The number of aryl methyl sites for hydroxylation is 1. The van der Waals surface area contributed by atoms with Crippen molar-refractivity contribution in [2.75, 3.05) is 26.3 Å². The molecule has 2 aromatic carbocycles. The van der Waals surface area contributed by atoms with Crippen molar-refractivity contribution in [3.05, 3.63) is 58.6 Å². The number of piperidine rings is 1. The average molecular weight is 506 g/mol. The number of sulfonamides is 1. The summed E-state index contributed by atoms with van der Waals surface area (Å²) in [5.74, 6) is -1.32. The summed E-state index contributed by atoms with van der Waals surface area (Å²) >= 11 is 1.24. The van der Waals surface area contributed by atoms with E-state index in [1.807, 2.05) is 13.8 Å². The molecule has 1 aromatic heterocycles. The summed E-state index contributed by atoms with van der Waals surface area (Å²) < 4.78 is 50.0. The molecule has 0 radical (unpaired) electrons. The SMILES string of the molecule is CCOCCn1c(=NC(=O)C2CCCN(S(=O)(=O)c3ccc(C)cc3)C2)sc2cccc(F)c21. The molecule has 0 aliphatic carbocycles. The fraction of sp³-hybridized carbons (Fsp3) is 0.417. The van der Waals surface area contributed by atoms with Gasteiger partial charge in [-0.1, -0.05) is 35.1 Å². The lowest BCUT2D eigenvalue weighted by molar-refractivity contribution is -0.122. The smallest absolute Gasteiger partial charge is 0.252 e. The highest BCUT2D eigenvalue weighted by atomic mass is 32.2. The van der Waals surface area contributed by atoms with Crippen LogP contribution in [0.2, 0.25) is 0 Å². The van der Waals surface area contributed by atoms with Gasteiger partial charge in [0.15, 0.2) is 4.80 Å². The highest BCUT2D eigenvalue weighted by molar-refractivity contribution is 7.89. The maximum Gasteiger partial charge on any atom is 0.252 e. The zero-order valence-corrected chi connectivity index (χ0v) is 20.9. The van der Waals surface area contributed by atoms with Crippen molar-refractivity contribution >= 4 is 37.5 Å². The summed E-state index contributed by atoms with van der Waals surface area (Å²) in [5.41, 5.74) is 1.37. The van der Waals surface area contributed by atoms with E-state index >= 15 is 0 Å². The molecule has 1 atom stereocenters. The molecular formula is C24H28FN3O4S2. The Labute approximate surface area is 202 Å². The van der Waals surface area contributed by atoms with Crippen LogP contribution < -0.4 is 4.80 Å². The van der Waals surface area contributed by atoms with Crippen LogP contribution in [-0.2, 0) is 26.1 Å². The minimum atomic E-state index is -3.70. The number of aromatic nitrogens is 1. The van der Waals surface area contributed by atoms with Gasteiger partial charge in [-0.25, -0.2) is 12.8 Å². The highest BCUT2D eigenvalue weighted by Gasteiger charge is 2.33. The molecule has 1 fully saturated rings. The molecule has 1 aliphatic heterocycles. The Morgan fingerprint density at radius 2 is 2.00 bits per heavy atom. The van der Waals surface area contributed by atoms with Crippen molar-refractivity contribution in [2.24, 2.45) is 10.9 Å². The summed E-state index contributed by atoms with van der Waals surface area (Å²) in [5, 5.41) is 0. The number of carbonyl (C=O) groups is 1. The van der Waals surface area contributed by atoms with Crippen molar-refractivity contribution in [1.29, 1.82) is 0 Å². The first-order valence-corrected chi connectivity index (χ1v) is 13.6. The summed E-state index contributed by atoms with van der Waals surface area (Å²) in [7, 11) is -3.70. The molecule has 3 aromatic rings. The van der Waals surface area contributed by atoms with E-state index in [9.17, 15) is 17.6 Å². The van der Waals surface area contributed by atoms with Crippen molar-refractivity contribution < 1.29 is 22.3 Å². The molecule has 0 bridgehead atoms. The summed E-state index contributed by atoms with van der Waals surface area (Å²) in [6.07, 6.45) is 1.13. The molecule has 0 saturated carbocycles. The third-order valence-corrected chi connectivity index (χ3v) is 8.84. The number of thiazole rings is 1. The monoisotopic (exact) mass is 505 g/mol. The molecule has 1 unspecified atom stereocenters. The summed E-state index contributed by atoms with van der Waals surface area (Å²) in [6, 6.07) is 11.5. The van der Waals surface area contributed by atoms with Gasteiger partial charge in [-0.3, -0.25) is 4.79 Å². The van der Waals surface area contributed by atoms with Crippen molar-refractivity contribution in [3.63, 3.8) is 0 Å². The van der Waals surface area contributed by atoms with Crippen molar-refractivity contribution in [1.82, 2.24) is 8.87 Å². The number of hydrogen-bond donors (Lipinski definition) is 0. The van der Waals surface area contributed by atoms with Gasteiger partial charge in [0.05, 0.1) is 27.6 Å². The van der Waals surface area contributed by atoms with Crippen LogP contribution in [0, 0.1) is 18.7 Å². The minimum Gasteiger partial charge on any atom is -0.380 e. The van der Waals surface area contributed by atoms with E-state index in [1.165, 1.54) is 21.7 Å². The van der Waals surface area contributed by atoms with Gasteiger partial charge >= 0.3 is 0 Å². The standard InChI is InChI=1S/C24H28FN3O4S2/c1-3-32-15-14-28-22-20(25)7-4-8-21(22)33-24(28)26-23(29)18-6-5-13-27(16-18)34(30,31)19-11-9-17(2)10-12-19/h4,7-12,18H,3,5-6,13-16H2,1-2H3. The number of rotatable bonds is 7. The molecule has 4 rings (SSSR count). The molecule has 0 N–H and O–H groups in total. The number of halogens is 1. The van der Waals surface area contributed by atoms with Crippen LogP contribution in [0.3, 0.4) is 0 Å².